The van der Waals surface area contributed by atoms with Crippen molar-refractivity contribution < 1.29 is 18.4 Å². The van der Waals surface area contributed by atoms with Crippen LogP contribution in [0.4, 0.5) is 19.3 Å². The largest absolute Gasteiger partial charge is 0.355 e. The van der Waals surface area contributed by atoms with Crippen LogP contribution in [0.1, 0.15) is 30.7 Å². The number of anilines is 1. The molecule has 2 atom stereocenters. The molecule has 2 aromatic carbocycles. The van der Waals surface area contributed by atoms with Gasteiger partial charge in [0.15, 0.2) is 0 Å². The minimum absolute atomic E-state index is 0.0157. The van der Waals surface area contributed by atoms with Crippen LogP contribution in [0.3, 0.4) is 0 Å². The summed E-state index contributed by atoms with van der Waals surface area (Å²) in [4.78, 5) is 29.8. The fraction of sp³-hybridized carbons (Fsp3) is 0.440. The van der Waals surface area contributed by atoms with Gasteiger partial charge in [0, 0.05) is 38.2 Å². The first-order valence-corrected chi connectivity index (χ1v) is 11.6. The van der Waals surface area contributed by atoms with Crippen molar-refractivity contribution in [2.24, 2.45) is 5.92 Å². The minimum Gasteiger partial charge on any atom is -0.355 e. The summed E-state index contributed by atoms with van der Waals surface area (Å²) in [5.41, 5.74) is 0.965. The Morgan fingerprint density at radius 1 is 1.00 bits per heavy atom. The lowest BCUT2D eigenvalue weighted by Crippen LogP contribution is -2.50. The van der Waals surface area contributed by atoms with Crippen LogP contribution in [0.2, 0.25) is 0 Å². The molecule has 0 bridgehead atoms. The number of urea groups is 1. The number of amides is 3. The predicted molar refractivity (Wildman–Crippen MR) is 123 cm³/mol. The van der Waals surface area contributed by atoms with Gasteiger partial charge in [-0.25, -0.2) is 13.6 Å². The van der Waals surface area contributed by atoms with E-state index in [2.05, 4.69) is 15.5 Å². The molecule has 0 aliphatic carbocycles. The molecular formula is C25H30F2N4O2. The maximum absolute atomic E-state index is 14.1. The molecule has 2 unspecified atom stereocenters. The normalized spacial score (nSPS) is 21.1. The highest BCUT2D eigenvalue weighted by Crippen LogP contribution is 2.31. The highest BCUT2D eigenvalue weighted by Gasteiger charge is 2.34. The zero-order valence-electron chi connectivity index (χ0n) is 18.6. The number of hydrogen-bond acceptors (Lipinski definition) is 3. The molecule has 2 aliphatic heterocycles. The number of carbonyl (C=O) groups is 2. The first-order valence-electron chi connectivity index (χ1n) is 11.6. The Labute approximate surface area is 192 Å². The van der Waals surface area contributed by atoms with Crippen LogP contribution >= 0.6 is 0 Å². The van der Waals surface area contributed by atoms with Crippen LogP contribution in [0.25, 0.3) is 0 Å². The summed E-state index contributed by atoms with van der Waals surface area (Å²) in [7, 11) is 0. The minimum atomic E-state index is -0.837. The van der Waals surface area contributed by atoms with Crippen LogP contribution in [-0.2, 0) is 4.79 Å². The maximum atomic E-state index is 14.1. The van der Waals surface area contributed by atoms with Crippen molar-refractivity contribution in [2.45, 2.75) is 25.2 Å². The SMILES string of the molecule is O=C(NCCN1CCCC1)C1CC(c2ccccc2)CN(C(=O)Nc2ccc(F)cc2F)C1. The Bertz CT molecular complexity index is 966. The summed E-state index contributed by atoms with van der Waals surface area (Å²) in [5, 5.41) is 5.56. The average Bonchev–Trinajstić information content (AvgIpc) is 3.34. The third-order valence-corrected chi connectivity index (χ3v) is 6.48. The van der Waals surface area contributed by atoms with E-state index in [0.29, 0.717) is 19.5 Å². The highest BCUT2D eigenvalue weighted by atomic mass is 19.1. The fourth-order valence-corrected chi connectivity index (χ4v) is 4.69. The molecule has 2 aromatic rings. The van der Waals surface area contributed by atoms with Crippen molar-refractivity contribution in [3.63, 3.8) is 0 Å². The maximum Gasteiger partial charge on any atom is 0.321 e. The van der Waals surface area contributed by atoms with E-state index >= 15 is 0 Å². The van der Waals surface area contributed by atoms with Gasteiger partial charge in [-0.3, -0.25) is 4.79 Å². The van der Waals surface area contributed by atoms with E-state index in [-0.39, 0.29) is 30.0 Å². The second-order valence-corrected chi connectivity index (χ2v) is 8.84. The van der Waals surface area contributed by atoms with E-state index in [1.165, 1.54) is 18.9 Å². The molecular weight excluding hydrogens is 426 g/mol. The zero-order chi connectivity index (χ0) is 23.2. The molecule has 2 aliphatic rings. The van der Waals surface area contributed by atoms with Gasteiger partial charge in [0.05, 0.1) is 11.6 Å². The van der Waals surface area contributed by atoms with Gasteiger partial charge in [0.2, 0.25) is 5.91 Å². The van der Waals surface area contributed by atoms with Crippen molar-refractivity contribution in [2.75, 3.05) is 44.6 Å². The third-order valence-electron chi connectivity index (χ3n) is 6.48. The first kappa shape index (κ1) is 23.2. The van der Waals surface area contributed by atoms with Crippen LogP contribution in [0, 0.1) is 17.6 Å². The summed E-state index contributed by atoms with van der Waals surface area (Å²) >= 11 is 0. The van der Waals surface area contributed by atoms with Gasteiger partial charge in [0.25, 0.3) is 0 Å². The third kappa shape index (κ3) is 6.07. The number of piperidine rings is 1. The Morgan fingerprint density at radius 3 is 2.48 bits per heavy atom. The Balaban J connectivity index is 1.43. The Hall–Kier alpha value is -3.00. The van der Waals surface area contributed by atoms with Crippen molar-refractivity contribution >= 4 is 17.6 Å². The van der Waals surface area contributed by atoms with Crippen LogP contribution < -0.4 is 10.6 Å². The van der Waals surface area contributed by atoms with Crippen LogP contribution in [0.5, 0.6) is 0 Å². The van der Waals surface area contributed by atoms with Crippen molar-refractivity contribution in [3.05, 3.63) is 65.7 Å². The van der Waals surface area contributed by atoms with Gasteiger partial charge in [-0.15, -0.1) is 0 Å². The number of likely N-dealkylation sites (tertiary alicyclic amines) is 2. The molecule has 8 heteroatoms. The molecule has 0 radical (unpaired) electrons. The first-order chi connectivity index (χ1) is 16.0. The number of hydrogen-bond donors (Lipinski definition) is 2. The van der Waals surface area contributed by atoms with Crippen LogP contribution in [-0.4, -0.2) is 61.0 Å². The average molecular weight is 457 g/mol. The molecule has 0 aromatic heterocycles. The second-order valence-electron chi connectivity index (χ2n) is 8.84. The molecule has 2 fully saturated rings. The van der Waals surface area contributed by atoms with E-state index in [9.17, 15) is 18.4 Å². The molecule has 4 rings (SSSR count). The monoisotopic (exact) mass is 456 g/mol. The van der Waals surface area contributed by atoms with Gasteiger partial charge in [0.1, 0.15) is 11.6 Å². The molecule has 176 valence electrons. The molecule has 2 saturated heterocycles. The molecule has 0 saturated carbocycles. The number of benzene rings is 2. The quantitative estimate of drug-likeness (QED) is 0.695. The van der Waals surface area contributed by atoms with Crippen molar-refractivity contribution in [1.82, 2.24) is 15.1 Å². The molecule has 2 heterocycles. The van der Waals surface area contributed by atoms with Gasteiger partial charge in [-0.2, -0.15) is 0 Å². The number of rotatable bonds is 6. The highest BCUT2D eigenvalue weighted by molar-refractivity contribution is 5.90. The smallest absolute Gasteiger partial charge is 0.321 e. The second kappa shape index (κ2) is 10.7. The van der Waals surface area contributed by atoms with Gasteiger partial charge in [-0.1, -0.05) is 30.3 Å². The lowest BCUT2D eigenvalue weighted by molar-refractivity contribution is -0.126. The summed E-state index contributed by atoms with van der Waals surface area (Å²) in [6.07, 6.45) is 3.04. The Kier molecular flexibility index (Phi) is 7.54. The molecule has 0 spiro atoms. The lowest BCUT2D eigenvalue weighted by Gasteiger charge is -2.37. The zero-order valence-corrected chi connectivity index (χ0v) is 18.6. The molecule has 2 N–H and O–H groups in total. The summed E-state index contributed by atoms with van der Waals surface area (Å²) in [5.74, 6) is -2.00. The van der Waals surface area contributed by atoms with Gasteiger partial charge in [-0.05, 0) is 50.0 Å². The van der Waals surface area contributed by atoms with Gasteiger partial charge >= 0.3 is 6.03 Å². The Morgan fingerprint density at radius 2 is 1.76 bits per heavy atom. The summed E-state index contributed by atoms with van der Waals surface area (Å²) in [6.45, 7) is 4.21. The van der Waals surface area contributed by atoms with E-state index in [1.54, 1.807) is 4.90 Å². The number of halogens is 2. The van der Waals surface area contributed by atoms with E-state index in [4.69, 9.17) is 0 Å². The summed E-state index contributed by atoms with van der Waals surface area (Å²) < 4.78 is 27.3. The van der Waals surface area contributed by atoms with E-state index in [0.717, 1.165) is 37.3 Å². The topological polar surface area (TPSA) is 64.7 Å². The predicted octanol–water partition coefficient (Wildman–Crippen LogP) is 3.81. The fourth-order valence-electron chi connectivity index (χ4n) is 4.69. The standard InChI is InChI=1S/C25H30F2N4O2/c26-21-8-9-23(22(27)15-21)29-25(33)31-16-19(18-6-2-1-3-7-18)14-20(17-31)24(32)28-10-13-30-11-4-5-12-30/h1-3,6-9,15,19-20H,4-5,10-14,16-17H2,(H,28,32)(H,29,33). The van der Waals surface area contributed by atoms with E-state index < -0.39 is 17.7 Å². The number of carbonyl (C=O) groups excluding carboxylic acids is 2. The van der Waals surface area contributed by atoms with E-state index in [1.807, 2.05) is 30.3 Å². The number of nitrogens with zero attached hydrogens (tertiary/aromatic N) is 2. The summed E-state index contributed by atoms with van der Waals surface area (Å²) in [6, 6.07) is 12.3. The molecule has 6 nitrogen and oxygen atoms in total. The molecule has 3 amide bonds. The van der Waals surface area contributed by atoms with Crippen molar-refractivity contribution in [1.29, 1.82) is 0 Å². The molecule has 33 heavy (non-hydrogen) atoms. The lowest BCUT2D eigenvalue weighted by atomic mass is 9.84. The van der Waals surface area contributed by atoms with Crippen LogP contribution in [0.15, 0.2) is 48.5 Å². The number of nitrogens with one attached hydrogen (secondary N) is 2. The van der Waals surface area contributed by atoms with Gasteiger partial charge < -0.3 is 20.4 Å². The van der Waals surface area contributed by atoms with Crippen molar-refractivity contribution in [3.8, 4) is 0 Å².